The SMILES string of the molecule is CC(C)(C)OC(=O)N1CCC(Oc2ccc(C(F)(F)F)c(C3CC3)c2)CC1. The Kier molecular flexibility index (Phi) is 5.32. The molecule has 2 aliphatic rings. The molecule has 1 aliphatic heterocycles. The second-order valence-electron chi connectivity index (χ2n) is 8.31. The molecule has 0 radical (unpaired) electrons. The van der Waals surface area contributed by atoms with Gasteiger partial charge in [0.1, 0.15) is 17.5 Å². The number of amides is 1. The van der Waals surface area contributed by atoms with Crippen molar-refractivity contribution in [1.82, 2.24) is 4.90 Å². The smallest absolute Gasteiger partial charge is 0.416 e. The van der Waals surface area contributed by atoms with Crippen molar-refractivity contribution in [2.45, 2.75) is 70.3 Å². The first-order valence-corrected chi connectivity index (χ1v) is 9.38. The third-order valence-corrected chi connectivity index (χ3v) is 4.74. The summed E-state index contributed by atoms with van der Waals surface area (Å²) in [6.45, 7) is 6.49. The molecule has 1 aromatic rings. The fourth-order valence-corrected chi connectivity index (χ4v) is 3.28. The Morgan fingerprint density at radius 3 is 2.22 bits per heavy atom. The number of alkyl halides is 3. The third kappa shape index (κ3) is 5.30. The monoisotopic (exact) mass is 385 g/mol. The predicted molar refractivity (Wildman–Crippen MR) is 94.9 cm³/mol. The van der Waals surface area contributed by atoms with Gasteiger partial charge in [-0.1, -0.05) is 0 Å². The second-order valence-corrected chi connectivity index (χ2v) is 8.31. The van der Waals surface area contributed by atoms with Crippen LogP contribution in [0.1, 0.15) is 63.5 Å². The molecule has 27 heavy (non-hydrogen) atoms. The third-order valence-electron chi connectivity index (χ3n) is 4.74. The molecule has 0 bridgehead atoms. The largest absolute Gasteiger partial charge is 0.490 e. The van der Waals surface area contributed by atoms with E-state index in [9.17, 15) is 18.0 Å². The van der Waals surface area contributed by atoms with E-state index in [1.54, 1.807) is 11.0 Å². The van der Waals surface area contributed by atoms with Gasteiger partial charge in [0, 0.05) is 25.9 Å². The quantitative estimate of drug-likeness (QED) is 0.703. The highest BCUT2D eigenvalue weighted by molar-refractivity contribution is 5.68. The summed E-state index contributed by atoms with van der Waals surface area (Å²) >= 11 is 0. The average molecular weight is 385 g/mol. The summed E-state index contributed by atoms with van der Waals surface area (Å²) < 4.78 is 50.8. The van der Waals surface area contributed by atoms with Crippen LogP contribution in [0.15, 0.2) is 18.2 Å². The molecule has 0 aromatic heterocycles. The zero-order valence-corrected chi connectivity index (χ0v) is 15.9. The molecule has 1 saturated heterocycles. The molecular weight excluding hydrogens is 359 g/mol. The maximum absolute atomic E-state index is 13.2. The van der Waals surface area contributed by atoms with E-state index in [4.69, 9.17) is 9.47 Å². The van der Waals surface area contributed by atoms with Crippen molar-refractivity contribution < 1.29 is 27.4 Å². The van der Waals surface area contributed by atoms with Crippen LogP contribution < -0.4 is 4.74 Å². The maximum Gasteiger partial charge on any atom is 0.416 e. The van der Waals surface area contributed by atoms with Gasteiger partial charge in [-0.05, 0) is 63.3 Å². The number of carbonyl (C=O) groups excluding carboxylic acids is 1. The molecule has 7 heteroatoms. The fraction of sp³-hybridized carbons (Fsp3) is 0.650. The van der Waals surface area contributed by atoms with E-state index < -0.39 is 17.3 Å². The van der Waals surface area contributed by atoms with Gasteiger partial charge in [0.15, 0.2) is 0 Å². The van der Waals surface area contributed by atoms with Gasteiger partial charge in [-0.2, -0.15) is 13.2 Å². The lowest BCUT2D eigenvalue weighted by molar-refractivity contribution is -0.138. The Hall–Kier alpha value is -1.92. The van der Waals surface area contributed by atoms with Crippen LogP contribution in [-0.4, -0.2) is 35.8 Å². The molecule has 0 spiro atoms. The zero-order chi connectivity index (χ0) is 19.8. The van der Waals surface area contributed by atoms with Crippen LogP contribution in [0.2, 0.25) is 0 Å². The number of ether oxygens (including phenoxy) is 2. The van der Waals surface area contributed by atoms with Crippen molar-refractivity contribution in [3.05, 3.63) is 29.3 Å². The summed E-state index contributed by atoms with van der Waals surface area (Å²) in [5.41, 5.74) is -0.757. The van der Waals surface area contributed by atoms with Crippen molar-refractivity contribution in [3.63, 3.8) is 0 Å². The first-order valence-electron chi connectivity index (χ1n) is 9.38. The van der Waals surface area contributed by atoms with Crippen LogP contribution in [0.4, 0.5) is 18.0 Å². The molecular formula is C20H26F3NO3. The topological polar surface area (TPSA) is 38.8 Å². The number of piperidine rings is 1. The van der Waals surface area contributed by atoms with Gasteiger partial charge in [0.05, 0.1) is 5.56 Å². The van der Waals surface area contributed by atoms with Crippen molar-refractivity contribution in [2.75, 3.05) is 13.1 Å². The molecule has 0 atom stereocenters. The van der Waals surface area contributed by atoms with Crippen molar-refractivity contribution >= 4 is 6.09 Å². The molecule has 150 valence electrons. The fourth-order valence-electron chi connectivity index (χ4n) is 3.28. The number of carbonyl (C=O) groups is 1. The summed E-state index contributed by atoms with van der Waals surface area (Å²) in [4.78, 5) is 13.7. The summed E-state index contributed by atoms with van der Waals surface area (Å²) in [7, 11) is 0. The molecule has 1 heterocycles. The minimum atomic E-state index is -4.34. The molecule has 2 fully saturated rings. The van der Waals surface area contributed by atoms with Crippen LogP contribution in [-0.2, 0) is 10.9 Å². The van der Waals surface area contributed by atoms with Crippen molar-refractivity contribution in [2.24, 2.45) is 0 Å². The first-order chi connectivity index (χ1) is 12.5. The van der Waals surface area contributed by atoms with Gasteiger partial charge < -0.3 is 14.4 Å². The van der Waals surface area contributed by atoms with Gasteiger partial charge in [-0.3, -0.25) is 0 Å². The lowest BCUT2D eigenvalue weighted by Gasteiger charge is -2.33. The number of likely N-dealkylation sites (tertiary alicyclic amines) is 1. The molecule has 0 N–H and O–H groups in total. The van der Waals surface area contributed by atoms with Crippen LogP contribution >= 0.6 is 0 Å². The Labute approximate surface area is 157 Å². The van der Waals surface area contributed by atoms with E-state index in [-0.39, 0.29) is 18.1 Å². The molecule has 1 amide bonds. The van der Waals surface area contributed by atoms with Gasteiger partial charge in [0.2, 0.25) is 0 Å². The normalized spacial score (nSPS) is 19.1. The van der Waals surface area contributed by atoms with E-state index in [1.807, 2.05) is 20.8 Å². The highest BCUT2D eigenvalue weighted by Crippen LogP contribution is 2.47. The van der Waals surface area contributed by atoms with Gasteiger partial charge in [-0.25, -0.2) is 4.79 Å². The standard InChI is InChI=1S/C20H26F3NO3/c1-19(2,3)27-18(25)24-10-8-14(9-11-24)26-15-6-7-17(20(21,22)23)16(12-15)13-4-5-13/h6-7,12-14H,4-5,8-11H2,1-3H3. The molecule has 1 aliphatic carbocycles. The van der Waals surface area contributed by atoms with Crippen LogP contribution in [0, 0.1) is 0 Å². The summed E-state index contributed by atoms with van der Waals surface area (Å²) in [6, 6.07) is 4.06. The molecule has 1 saturated carbocycles. The van der Waals surface area contributed by atoms with Crippen molar-refractivity contribution in [1.29, 1.82) is 0 Å². The zero-order valence-electron chi connectivity index (χ0n) is 15.9. The Morgan fingerprint density at radius 2 is 1.70 bits per heavy atom. The maximum atomic E-state index is 13.2. The van der Waals surface area contributed by atoms with E-state index in [1.165, 1.54) is 6.07 Å². The number of benzene rings is 1. The highest BCUT2D eigenvalue weighted by atomic mass is 19.4. The molecule has 0 unspecified atom stereocenters. The van der Waals surface area contributed by atoms with Crippen LogP contribution in [0.5, 0.6) is 5.75 Å². The summed E-state index contributed by atoms with van der Waals surface area (Å²) in [6.07, 6.45) is -1.96. The minimum absolute atomic E-state index is 0.0146. The molecule has 4 nitrogen and oxygen atoms in total. The van der Waals surface area contributed by atoms with E-state index in [0.717, 1.165) is 18.9 Å². The highest BCUT2D eigenvalue weighted by Gasteiger charge is 2.38. The van der Waals surface area contributed by atoms with Crippen LogP contribution in [0.3, 0.4) is 0 Å². The van der Waals surface area contributed by atoms with E-state index in [0.29, 0.717) is 37.2 Å². The van der Waals surface area contributed by atoms with Gasteiger partial charge in [0.25, 0.3) is 0 Å². The van der Waals surface area contributed by atoms with E-state index >= 15 is 0 Å². The van der Waals surface area contributed by atoms with Crippen LogP contribution in [0.25, 0.3) is 0 Å². The minimum Gasteiger partial charge on any atom is -0.490 e. The van der Waals surface area contributed by atoms with E-state index in [2.05, 4.69) is 0 Å². The number of rotatable bonds is 3. The Bertz CT molecular complexity index is 685. The predicted octanol–water partition coefficient (Wildman–Crippen LogP) is 5.36. The van der Waals surface area contributed by atoms with Crippen molar-refractivity contribution in [3.8, 4) is 5.75 Å². The number of nitrogens with zero attached hydrogens (tertiary/aromatic N) is 1. The summed E-state index contributed by atoms with van der Waals surface area (Å²) in [5.74, 6) is 0.458. The summed E-state index contributed by atoms with van der Waals surface area (Å²) in [5, 5.41) is 0. The number of halogens is 3. The Balaban J connectivity index is 1.59. The number of hydrogen-bond donors (Lipinski definition) is 0. The molecule has 1 aromatic carbocycles. The van der Waals surface area contributed by atoms with Gasteiger partial charge in [-0.15, -0.1) is 0 Å². The van der Waals surface area contributed by atoms with Gasteiger partial charge >= 0.3 is 12.3 Å². The number of hydrogen-bond acceptors (Lipinski definition) is 3. The lowest BCUT2D eigenvalue weighted by atomic mass is 10.0. The first kappa shape index (κ1) is 19.8. The Morgan fingerprint density at radius 1 is 1.07 bits per heavy atom. The average Bonchev–Trinajstić information content (AvgIpc) is 3.37. The lowest BCUT2D eigenvalue weighted by Crippen LogP contribution is -2.44. The molecule has 3 rings (SSSR count). The second kappa shape index (κ2) is 7.24.